The maximum Gasteiger partial charge on any atom is 0.401 e. The number of amides is 1. The highest BCUT2D eigenvalue weighted by Crippen LogP contribution is 2.45. The monoisotopic (exact) mass is 306 g/mol. The minimum Gasteiger partial charge on any atom is -0.345 e. The minimum atomic E-state index is -4.31. The van der Waals surface area contributed by atoms with Gasteiger partial charge < -0.3 is 10.6 Å². The van der Waals surface area contributed by atoms with E-state index in [2.05, 4.69) is 10.6 Å². The van der Waals surface area contributed by atoms with Crippen LogP contribution >= 0.6 is 11.6 Å². The summed E-state index contributed by atoms with van der Waals surface area (Å²) in [6.45, 7) is -1.54. The lowest BCUT2D eigenvalue weighted by molar-refractivity contribution is -0.128. The van der Waals surface area contributed by atoms with E-state index in [0.29, 0.717) is 5.02 Å². The van der Waals surface area contributed by atoms with Crippen molar-refractivity contribution in [2.75, 3.05) is 13.1 Å². The second-order valence-corrected chi connectivity index (χ2v) is 5.30. The number of carbonyl (C=O) groups excluding carboxylic acids is 1. The molecule has 3 nitrogen and oxygen atoms in total. The van der Waals surface area contributed by atoms with Crippen molar-refractivity contribution in [2.24, 2.45) is 0 Å². The summed E-state index contributed by atoms with van der Waals surface area (Å²) in [4.78, 5) is 11.7. The molecule has 1 aromatic carbocycles. The molecule has 110 valence electrons. The molecule has 1 amide bonds. The Hall–Kier alpha value is -1.27. The van der Waals surface area contributed by atoms with E-state index >= 15 is 0 Å². The first-order valence-electron chi connectivity index (χ1n) is 6.15. The van der Waals surface area contributed by atoms with Crippen molar-refractivity contribution in [3.63, 3.8) is 0 Å². The summed E-state index contributed by atoms with van der Waals surface area (Å²) < 4.78 is 35.9. The van der Waals surface area contributed by atoms with Crippen LogP contribution in [0.25, 0.3) is 0 Å². The van der Waals surface area contributed by atoms with Gasteiger partial charge in [-0.05, 0) is 30.5 Å². The summed E-state index contributed by atoms with van der Waals surface area (Å²) in [5.41, 5.74) is 0.413. The predicted molar refractivity (Wildman–Crippen MR) is 69.4 cm³/mol. The van der Waals surface area contributed by atoms with Crippen molar-refractivity contribution in [1.82, 2.24) is 10.6 Å². The molecule has 2 N–H and O–H groups in total. The van der Waals surface area contributed by atoms with Gasteiger partial charge in [0.2, 0.25) is 5.91 Å². The zero-order valence-electron chi connectivity index (χ0n) is 10.6. The van der Waals surface area contributed by atoms with Crippen molar-refractivity contribution < 1.29 is 18.0 Å². The summed E-state index contributed by atoms with van der Waals surface area (Å²) in [6.07, 6.45) is -2.79. The van der Waals surface area contributed by atoms with E-state index in [0.717, 1.165) is 18.4 Å². The topological polar surface area (TPSA) is 41.1 Å². The van der Waals surface area contributed by atoms with Gasteiger partial charge in [-0.2, -0.15) is 13.2 Å². The predicted octanol–water partition coefficient (Wildman–Crippen LogP) is 2.60. The number of benzene rings is 1. The second kappa shape index (κ2) is 5.61. The van der Waals surface area contributed by atoms with Gasteiger partial charge in [-0.3, -0.25) is 4.79 Å². The first-order chi connectivity index (χ1) is 9.31. The molecule has 1 aliphatic rings. The molecule has 0 heterocycles. The molecule has 7 heteroatoms. The van der Waals surface area contributed by atoms with Gasteiger partial charge in [0.05, 0.1) is 18.6 Å². The number of hydrogen-bond donors (Lipinski definition) is 2. The normalized spacial score (nSPS) is 16.8. The molecule has 0 spiro atoms. The summed E-state index contributed by atoms with van der Waals surface area (Å²) in [7, 11) is 0. The smallest absolute Gasteiger partial charge is 0.345 e. The maximum atomic E-state index is 12.0. The lowest BCUT2D eigenvalue weighted by atomic mass is 10.1. The van der Waals surface area contributed by atoms with Gasteiger partial charge >= 0.3 is 6.18 Å². The SMILES string of the molecule is O=C(CNCC(F)(F)F)NC1(c2cccc(Cl)c2)CC1. The molecular weight excluding hydrogens is 293 g/mol. The first-order valence-corrected chi connectivity index (χ1v) is 6.53. The van der Waals surface area contributed by atoms with Gasteiger partial charge in [0.1, 0.15) is 0 Å². The Labute approximate surface area is 119 Å². The molecule has 1 aromatic rings. The number of rotatable bonds is 5. The molecule has 1 aliphatic carbocycles. The van der Waals surface area contributed by atoms with Gasteiger partial charge in [0.25, 0.3) is 0 Å². The van der Waals surface area contributed by atoms with Crippen LogP contribution in [0, 0.1) is 0 Å². The van der Waals surface area contributed by atoms with Crippen LogP contribution in [-0.4, -0.2) is 25.2 Å². The van der Waals surface area contributed by atoms with Crippen LogP contribution in [-0.2, 0) is 10.3 Å². The summed E-state index contributed by atoms with van der Waals surface area (Å²) >= 11 is 5.90. The standard InChI is InChI=1S/C13H14ClF3N2O/c14-10-3-1-2-9(6-10)12(4-5-12)19-11(20)7-18-8-13(15,16)17/h1-3,6,18H,4-5,7-8H2,(H,19,20). The summed E-state index contributed by atoms with van der Waals surface area (Å²) in [5, 5.41) is 5.41. The van der Waals surface area contributed by atoms with E-state index in [1.807, 2.05) is 6.07 Å². The fourth-order valence-electron chi connectivity index (χ4n) is 2.03. The zero-order chi connectivity index (χ0) is 14.8. The molecule has 0 saturated heterocycles. The quantitative estimate of drug-likeness (QED) is 0.878. The Morgan fingerprint density at radius 1 is 1.35 bits per heavy atom. The molecule has 2 rings (SSSR count). The van der Waals surface area contributed by atoms with Gasteiger partial charge in [0.15, 0.2) is 0 Å². The van der Waals surface area contributed by atoms with E-state index in [-0.39, 0.29) is 6.54 Å². The van der Waals surface area contributed by atoms with Crippen molar-refractivity contribution in [2.45, 2.75) is 24.6 Å². The molecule has 1 fully saturated rings. The van der Waals surface area contributed by atoms with Crippen LogP contribution in [0.15, 0.2) is 24.3 Å². The molecule has 0 unspecified atom stereocenters. The van der Waals surface area contributed by atoms with E-state index in [1.165, 1.54) is 0 Å². The average Bonchev–Trinajstić information content (AvgIpc) is 3.08. The average molecular weight is 307 g/mol. The van der Waals surface area contributed by atoms with E-state index in [9.17, 15) is 18.0 Å². The number of carbonyl (C=O) groups is 1. The molecular formula is C13H14ClF3N2O. The number of nitrogens with one attached hydrogen (secondary N) is 2. The molecule has 0 aliphatic heterocycles. The molecule has 0 atom stereocenters. The van der Waals surface area contributed by atoms with Crippen molar-refractivity contribution in [1.29, 1.82) is 0 Å². The van der Waals surface area contributed by atoms with Crippen LogP contribution < -0.4 is 10.6 Å². The number of alkyl halides is 3. The van der Waals surface area contributed by atoms with E-state index in [4.69, 9.17) is 11.6 Å². The van der Waals surface area contributed by atoms with E-state index in [1.54, 1.807) is 18.2 Å². The van der Waals surface area contributed by atoms with Gasteiger partial charge in [0, 0.05) is 5.02 Å². The van der Waals surface area contributed by atoms with Crippen molar-refractivity contribution in [3.05, 3.63) is 34.9 Å². The fourth-order valence-corrected chi connectivity index (χ4v) is 2.22. The Morgan fingerprint density at radius 3 is 2.60 bits per heavy atom. The van der Waals surface area contributed by atoms with Gasteiger partial charge in [-0.1, -0.05) is 23.7 Å². The molecule has 1 saturated carbocycles. The van der Waals surface area contributed by atoms with Crippen LogP contribution in [0.4, 0.5) is 13.2 Å². The van der Waals surface area contributed by atoms with Crippen molar-refractivity contribution >= 4 is 17.5 Å². The summed E-state index contributed by atoms with van der Waals surface area (Å²) in [6, 6.07) is 7.12. The van der Waals surface area contributed by atoms with Crippen LogP contribution in [0.5, 0.6) is 0 Å². The second-order valence-electron chi connectivity index (χ2n) is 4.86. The molecule has 0 radical (unpaired) electrons. The Balaban J connectivity index is 1.88. The van der Waals surface area contributed by atoms with Crippen molar-refractivity contribution in [3.8, 4) is 0 Å². The molecule has 0 bridgehead atoms. The third kappa shape index (κ3) is 4.11. The zero-order valence-corrected chi connectivity index (χ0v) is 11.3. The van der Waals surface area contributed by atoms with Gasteiger partial charge in [-0.15, -0.1) is 0 Å². The maximum absolute atomic E-state index is 12.0. The lowest BCUT2D eigenvalue weighted by Crippen LogP contribution is -2.42. The van der Waals surface area contributed by atoms with Crippen LogP contribution in [0.3, 0.4) is 0 Å². The summed E-state index contributed by atoms with van der Waals surface area (Å²) in [5.74, 6) is -0.452. The van der Waals surface area contributed by atoms with E-state index < -0.39 is 24.2 Å². The fraction of sp³-hybridized carbons (Fsp3) is 0.462. The van der Waals surface area contributed by atoms with Crippen LogP contribution in [0.1, 0.15) is 18.4 Å². The van der Waals surface area contributed by atoms with Crippen LogP contribution in [0.2, 0.25) is 5.02 Å². The number of hydrogen-bond acceptors (Lipinski definition) is 2. The molecule has 20 heavy (non-hydrogen) atoms. The lowest BCUT2D eigenvalue weighted by Gasteiger charge is -2.18. The van der Waals surface area contributed by atoms with Gasteiger partial charge in [-0.25, -0.2) is 0 Å². The third-order valence-corrected chi connectivity index (χ3v) is 3.35. The molecule has 0 aromatic heterocycles. The largest absolute Gasteiger partial charge is 0.401 e. The third-order valence-electron chi connectivity index (χ3n) is 3.12. The minimum absolute atomic E-state index is 0.359. The Kier molecular flexibility index (Phi) is 4.25. The first kappa shape index (κ1) is 15.1. The highest BCUT2D eigenvalue weighted by Gasteiger charge is 2.45. The Bertz CT molecular complexity index is 501. The highest BCUT2D eigenvalue weighted by molar-refractivity contribution is 6.30. The number of halogens is 4. The highest BCUT2D eigenvalue weighted by atomic mass is 35.5. The Morgan fingerprint density at radius 2 is 2.05 bits per heavy atom.